The van der Waals surface area contributed by atoms with Gasteiger partial charge in [-0.25, -0.2) is 0 Å². The maximum absolute atomic E-state index is 12.1. The zero-order chi connectivity index (χ0) is 15.5. The number of likely N-dealkylation sites (N-methyl/N-ethyl adjacent to an activating group) is 2. The van der Waals surface area contributed by atoms with Crippen LogP contribution < -0.4 is 11.1 Å². The van der Waals surface area contributed by atoms with Gasteiger partial charge in [0.25, 0.3) is 0 Å². The van der Waals surface area contributed by atoms with E-state index in [1.165, 1.54) is 6.42 Å². The predicted octanol–water partition coefficient (Wildman–Crippen LogP) is -0.114. The quantitative estimate of drug-likeness (QED) is 0.691. The molecular formula is C14H30N4O2. The van der Waals surface area contributed by atoms with E-state index in [0.29, 0.717) is 18.5 Å². The number of rotatable bonds is 5. The normalized spacial score (nSPS) is 18.7. The number of primary amides is 1. The average Bonchev–Trinajstić information content (AvgIpc) is 2.38. The van der Waals surface area contributed by atoms with Gasteiger partial charge in [0.2, 0.25) is 12.3 Å². The molecule has 3 N–H and O–H groups in total. The summed E-state index contributed by atoms with van der Waals surface area (Å²) in [4.78, 5) is 24.8. The van der Waals surface area contributed by atoms with Crippen LogP contribution in [0.15, 0.2) is 0 Å². The van der Waals surface area contributed by atoms with E-state index in [1.807, 2.05) is 19.0 Å². The third-order valence-corrected chi connectivity index (χ3v) is 3.26. The maximum Gasteiger partial charge on any atom is 0.236 e. The number of nitrogens with zero attached hydrogens (tertiary/aromatic N) is 2. The second-order valence-corrected chi connectivity index (χ2v) is 5.69. The average molecular weight is 286 g/mol. The van der Waals surface area contributed by atoms with Crippen molar-refractivity contribution in [2.75, 3.05) is 40.3 Å². The van der Waals surface area contributed by atoms with E-state index in [4.69, 9.17) is 4.79 Å². The predicted molar refractivity (Wildman–Crippen MR) is 81.2 cm³/mol. The van der Waals surface area contributed by atoms with Crippen LogP contribution in [-0.2, 0) is 9.59 Å². The first-order chi connectivity index (χ1) is 9.44. The molecule has 1 atom stereocenters. The van der Waals surface area contributed by atoms with Gasteiger partial charge < -0.3 is 16.0 Å². The first-order valence-electron chi connectivity index (χ1n) is 7.23. The van der Waals surface area contributed by atoms with E-state index in [9.17, 15) is 4.79 Å². The Morgan fingerprint density at radius 2 is 2.15 bits per heavy atom. The Morgan fingerprint density at radius 1 is 1.55 bits per heavy atom. The van der Waals surface area contributed by atoms with Crippen molar-refractivity contribution >= 4 is 12.3 Å². The minimum absolute atomic E-state index is 0.250. The molecule has 0 bridgehead atoms. The summed E-state index contributed by atoms with van der Waals surface area (Å²) >= 11 is 0. The molecular weight excluding hydrogens is 256 g/mol. The number of carbonyl (C=O) groups excluding carboxylic acids is 2. The van der Waals surface area contributed by atoms with Crippen molar-refractivity contribution in [2.24, 2.45) is 11.7 Å². The van der Waals surface area contributed by atoms with Gasteiger partial charge in [-0.1, -0.05) is 13.8 Å². The van der Waals surface area contributed by atoms with Crippen LogP contribution in [0.1, 0.15) is 26.7 Å². The molecule has 1 unspecified atom stereocenters. The molecule has 6 heteroatoms. The Balaban J connectivity index is 0.00000110. The zero-order valence-corrected chi connectivity index (χ0v) is 13.3. The van der Waals surface area contributed by atoms with Gasteiger partial charge in [0, 0.05) is 25.7 Å². The second kappa shape index (κ2) is 10.6. The van der Waals surface area contributed by atoms with Gasteiger partial charge >= 0.3 is 0 Å². The number of hydrogen-bond acceptors (Lipinski definition) is 4. The van der Waals surface area contributed by atoms with Gasteiger partial charge in [-0.3, -0.25) is 14.5 Å². The first-order valence-corrected chi connectivity index (χ1v) is 7.23. The fourth-order valence-corrected chi connectivity index (χ4v) is 2.46. The SMILES string of the molecule is CNC1CCCN(C(=O)CN(C)CC(C)C)C1.NC=O. The highest BCUT2D eigenvalue weighted by Crippen LogP contribution is 2.10. The lowest BCUT2D eigenvalue weighted by atomic mass is 10.1. The van der Waals surface area contributed by atoms with Gasteiger partial charge in [-0.2, -0.15) is 0 Å². The molecule has 0 aliphatic carbocycles. The van der Waals surface area contributed by atoms with Crippen molar-refractivity contribution in [3.63, 3.8) is 0 Å². The second-order valence-electron chi connectivity index (χ2n) is 5.69. The molecule has 0 aromatic rings. The summed E-state index contributed by atoms with van der Waals surface area (Å²) in [6.07, 6.45) is 2.55. The van der Waals surface area contributed by atoms with E-state index >= 15 is 0 Å². The zero-order valence-electron chi connectivity index (χ0n) is 13.3. The van der Waals surface area contributed by atoms with E-state index in [-0.39, 0.29) is 12.3 Å². The van der Waals surface area contributed by atoms with Gasteiger partial charge in [0.1, 0.15) is 0 Å². The van der Waals surface area contributed by atoms with Crippen LogP contribution in [0.4, 0.5) is 0 Å². The van der Waals surface area contributed by atoms with Crippen molar-refractivity contribution in [3.8, 4) is 0 Å². The van der Waals surface area contributed by atoms with E-state index in [2.05, 4.69) is 29.8 Å². The van der Waals surface area contributed by atoms with Crippen molar-refractivity contribution in [1.29, 1.82) is 0 Å². The smallest absolute Gasteiger partial charge is 0.236 e. The summed E-state index contributed by atoms with van der Waals surface area (Å²) in [6, 6.07) is 0.475. The van der Waals surface area contributed by atoms with Crippen LogP contribution in [0.3, 0.4) is 0 Å². The minimum Gasteiger partial charge on any atom is -0.372 e. The van der Waals surface area contributed by atoms with Crippen molar-refractivity contribution in [2.45, 2.75) is 32.7 Å². The first kappa shape index (κ1) is 18.9. The fourth-order valence-electron chi connectivity index (χ4n) is 2.46. The topological polar surface area (TPSA) is 78.7 Å². The van der Waals surface area contributed by atoms with E-state index < -0.39 is 0 Å². The number of amides is 2. The van der Waals surface area contributed by atoms with E-state index in [1.54, 1.807) is 0 Å². The Kier molecular flexibility index (Phi) is 10.0. The van der Waals surface area contributed by atoms with Gasteiger partial charge in [-0.05, 0) is 32.9 Å². The van der Waals surface area contributed by atoms with Crippen LogP contribution in [-0.4, -0.2) is 68.4 Å². The Labute approximate surface area is 122 Å². The Hall–Kier alpha value is -1.14. The molecule has 2 amide bonds. The van der Waals surface area contributed by atoms with Crippen LogP contribution >= 0.6 is 0 Å². The molecule has 0 radical (unpaired) electrons. The number of piperidine rings is 1. The summed E-state index contributed by atoms with van der Waals surface area (Å²) in [5.74, 6) is 0.882. The number of carbonyl (C=O) groups is 2. The lowest BCUT2D eigenvalue weighted by molar-refractivity contribution is -0.133. The van der Waals surface area contributed by atoms with Gasteiger partial charge in [-0.15, -0.1) is 0 Å². The standard InChI is InChI=1S/C13H27N3O.CH3NO/c1-11(2)8-15(4)10-13(17)16-7-5-6-12(9-16)14-3;2-1-3/h11-12,14H,5-10H2,1-4H3;1H,(H2,2,3). The highest BCUT2D eigenvalue weighted by molar-refractivity contribution is 5.78. The summed E-state index contributed by atoms with van der Waals surface area (Å²) < 4.78 is 0. The van der Waals surface area contributed by atoms with Crippen LogP contribution in [0.2, 0.25) is 0 Å². The molecule has 1 aliphatic heterocycles. The molecule has 0 saturated carbocycles. The van der Waals surface area contributed by atoms with Crippen molar-refractivity contribution < 1.29 is 9.59 Å². The van der Waals surface area contributed by atoms with E-state index in [0.717, 1.165) is 26.1 Å². The largest absolute Gasteiger partial charge is 0.372 e. The molecule has 6 nitrogen and oxygen atoms in total. The Bertz CT molecular complexity index is 284. The fraction of sp³-hybridized carbons (Fsp3) is 0.857. The molecule has 1 rings (SSSR count). The number of likely N-dealkylation sites (tertiary alicyclic amines) is 1. The molecule has 118 valence electrons. The summed E-state index contributed by atoms with van der Waals surface area (Å²) in [5.41, 5.74) is 4.17. The highest BCUT2D eigenvalue weighted by Gasteiger charge is 2.23. The molecule has 20 heavy (non-hydrogen) atoms. The third-order valence-electron chi connectivity index (χ3n) is 3.26. The molecule has 1 heterocycles. The summed E-state index contributed by atoms with van der Waals surface area (Å²) in [6.45, 7) is 7.68. The summed E-state index contributed by atoms with van der Waals surface area (Å²) in [5, 5.41) is 3.27. The Morgan fingerprint density at radius 3 is 2.65 bits per heavy atom. The summed E-state index contributed by atoms with van der Waals surface area (Å²) in [7, 11) is 4.00. The molecule has 1 aliphatic rings. The molecule has 0 aromatic carbocycles. The third kappa shape index (κ3) is 8.12. The van der Waals surface area contributed by atoms with Gasteiger partial charge in [0.15, 0.2) is 0 Å². The minimum atomic E-state index is 0.250. The van der Waals surface area contributed by atoms with Crippen LogP contribution in [0, 0.1) is 5.92 Å². The van der Waals surface area contributed by atoms with Crippen LogP contribution in [0.25, 0.3) is 0 Å². The van der Waals surface area contributed by atoms with Crippen LogP contribution in [0.5, 0.6) is 0 Å². The lowest BCUT2D eigenvalue weighted by Crippen LogP contribution is -2.49. The molecule has 1 fully saturated rings. The monoisotopic (exact) mass is 286 g/mol. The number of nitrogens with one attached hydrogen (secondary N) is 1. The van der Waals surface area contributed by atoms with Gasteiger partial charge in [0.05, 0.1) is 6.54 Å². The number of nitrogens with two attached hydrogens (primary N) is 1. The molecule has 1 saturated heterocycles. The maximum atomic E-state index is 12.1. The number of hydrogen-bond donors (Lipinski definition) is 2. The highest BCUT2D eigenvalue weighted by atomic mass is 16.2. The van der Waals surface area contributed by atoms with Crippen molar-refractivity contribution in [1.82, 2.24) is 15.1 Å². The molecule has 0 aromatic heterocycles. The molecule has 0 spiro atoms. The lowest BCUT2D eigenvalue weighted by Gasteiger charge is -2.33. The van der Waals surface area contributed by atoms with Crippen molar-refractivity contribution in [3.05, 3.63) is 0 Å².